The van der Waals surface area contributed by atoms with Gasteiger partial charge in [0.2, 0.25) is 0 Å². The topological polar surface area (TPSA) is 66.4 Å². The smallest absolute Gasteiger partial charge is 0.454 e. The van der Waals surface area contributed by atoms with Gasteiger partial charge in [-0.05, 0) is 72.8 Å². The Bertz CT molecular complexity index is 970. The Morgan fingerprint density at radius 1 is 0.484 bits per heavy atom. The van der Waals surface area contributed by atoms with Crippen LogP contribution in [-0.4, -0.2) is 29.3 Å². The number of ether oxygens (including phenoxy) is 1. The molecule has 0 atom stereocenters. The standard InChI is InChI=1S/C23H28O6Si2/c1-25-19-10-12-21(13-11-19)27-31(4,5)29-23-16-14-22(15-17-23)28-30(2,3)26-20-8-6-18(24)7-9-20/h6-17,24H,1-5H3. The summed E-state index contributed by atoms with van der Waals surface area (Å²) >= 11 is 0. The number of benzene rings is 3. The summed E-state index contributed by atoms with van der Waals surface area (Å²) in [4.78, 5) is 0. The van der Waals surface area contributed by atoms with E-state index in [1.165, 1.54) is 0 Å². The van der Waals surface area contributed by atoms with Crippen molar-refractivity contribution in [1.29, 1.82) is 0 Å². The number of phenolic OH excluding ortho intramolecular Hbond substituents is 1. The highest BCUT2D eigenvalue weighted by Gasteiger charge is 2.31. The molecule has 0 fully saturated rings. The second kappa shape index (κ2) is 9.36. The third-order valence-corrected chi connectivity index (χ3v) is 7.08. The number of aromatic hydroxyl groups is 1. The van der Waals surface area contributed by atoms with Gasteiger partial charge in [0.1, 0.15) is 34.5 Å². The lowest BCUT2D eigenvalue weighted by Gasteiger charge is -2.26. The van der Waals surface area contributed by atoms with Gasteiger partial charge >= 0.3 is 17.1 Å². The second-order valence-corrected chi connectivity index (χ2v) is 14.3. The Hall–Kier alpha value is -3.11. The van der Waals surface area contributed by atoms with Gasteiger partial charge in [-0.1, -0.05) is 0 Å². The Labute approximate surface area is 185 Å². The predicted molar refractivity (Wildman–Crippen MR) is 125 cm³/mol. The van der Waals surface area contributed by atoms with Gasteiger partial charge < -0.3 is 27.5 Å². The molecule has 31 heavy (non-hydrogen) atoms. The summed E-state index contributed by atoms with van der Waals surface area (Å²) in [5.41, 5.74) is 0. The van der Waals surface area contributed by atoms with Gasteiger partial charge in [-0.15, -0.1) is 0 Å². The van der Waals surface area contributed by atoms with E-state index in [0.717, 1.165) is 17.2 Å². The lowest BCUT2D eigenvalue weighted by atomic mass is 10.3. The number of methoxy groups -OCH3 is 1. The van der Waals surface area contributed by atoms with Crippen LogP contribution < -0.4 is 22.4 Å². The predicted octanol–water partition coefficient (Wildman–Crippen LogP) is 5.72. The number of phenols is 1. The van der Waals surface area contributed by atoms with Gasteiger partial charge in [0.25, 0.3) is 0 Å². The summed E-state index contributed by atoms with van der Waals surface area (Å²) < 4.78 is 29.5. The van der Waals surface area contributed by atoms with Crippen LogP contribution in [0.3, 0.4) is 0 Å². The third-order valence-electron chi connectivity index (χ3n) is 4.17. The van der Waals surface area contributed by atoms with Crippen molar-refractivity contribution in [2.45, 2.75) is 26.2 Å². The van der Waals surface area contributed by atoms with E-state index in [-0.39, 0.29) is 5.75 Å². The minimum atomic E-state index is -2.47. The van der Waals surface area contributed by atoms with Gasteiger partial charge in [-0.2, -0.15) is 0 Å². The minimum absolute atomic E-state index is 0.200. The van der Waals surface area contributed by atoms with Crippen molar-refractivity contribution in [3.8, 4) is 34.5 Å². The summed E-state index contributed by atoms with van der Waals surface area (Å²) in [6.07, 6.45) is 0. The maximum absolute atomic E-state index is 9.40. The average Bonchev–Trinajstić information content (AvgIpc) is 2.71. The molecule has 0 aliphatic carbocycles. The van der Waals surface area contributed by atoms with E-state index in [9.17, 15) is 5.11 Å². The van der Waals surface area contributed by atoms with Crippen LogP contribution in [0.5, 0.6) is 34.5 Å². The normalized spacial score (nSPS) is 11.5. The van der Waals surface area contributed by atoms with Crippen LogP contribution in [0, 0.1) is 0 Å². The quantitative estimate of drug-likeness (QED) is 0.415. The van der Waals surface area contributed by atoms with Crippen LogP contribution in [0.15, 0.2) is 72.8 Å². The van der Waals surface area contributed by atoms with Gasteiger partial charge in [0, 0.05) is 26.2 Å². The van der Waals surface area contributed by atoms with Crippen molar-refractivity contribution in [3.05, 3.63) is 72.8 Å². The van der Waals surface area contributed by atoms with Crippen LogP contribution in [0.1, 0.15) is 0 Å². The first kappa shape index (κ1) is 22.6. The highest BCUT2D eigenvalue weighted by molar-refractivity contribution is 6.66. The van der Waals surface area contributed by atoms with Crippen LogP contribution in [-0.2, 0) is 0 Å². The molecule has 0 aliphatic heterocycles. The first-order valence-electron chi connectivity index (χ1n) is 9.93. The summed E-state index contributed by atoms with van der Waals surface area (Å²) in [5.74, 6) is 3.82. The summed E-state index contributed by atoms with van der Waals surface area (Å²) in [5, 5.41) is 9.40. The van der Waals surface area contributed by atoms with Crippen molar-refractivity contribution in [2.24, 2.45) is 0 Å². The molecule has 0 saturated heterocycles. The minimum Gasteiger partial charge on any atom is -0.512 e. The number of rotatable bonds is 9. The molecule has 1 N–H and O–H groups in total. The fourth-order valence-electron chi connectivity index (χ4n) is 2.91. The van der Waals surface area contributed by atoms with E-state index in [1.54, 1.807) is 31.4 Å². The molecule has 3 aromatic rings. The van der Waals surface area contributed by atoms with Crippen LogP contribution in [0.2, 0.25) is 26.2 Å². The van der Waals surface area contributed by atoms with E-state index >= 15 is 0 Å². The van der Waals surface area contributed by atoms with Gasteiger partial charge in [-0.25, -0.2) is 0 Å². The van der Waals surface area contributed by atoms with Crippen molar-refractivity contribution in [2.75, 3.05) is 7.11 Å². The number of hydrogen-bond donors (Lipinski definition) is 1. The maximum Gasteiger partial charge on any atom is 0.454 e. The summed E-state index contributed by atoms with van der Waals surface area (Å²) in [6, 6.07) is 21.5. The van der Waals surface area contributed by atoms with Gasteiger partial charge in [0.15, 0.2) is 0 Å². The molecule has 0 aromatic heterocycles. The molecule has 0 spiro atoms. The lowest BCUT2D eigenvalue weighted by molar-refractivity contribution is 0.391. The maximum atomic E-state index is 9.40. The molecule has 3 aromatic carbocycles. The van der Waals surface area contributed by atoms with E-state index in [2.05, 4.69) is 0 Å². The van der Waals surface area contributed by atoms with Crippen molar-refractivity contribution in [1.82, 2.24) is 0 Å². The second-order valence-electron chi connectivity index (χ2n) is 7.85. The Morgan fingerprint density at radius 3 is 1.03 bits per heavy atom. The highest BCUT2D eigenvalue weighted by Crippen LogP contribution is 2.26. The zero-order valence-corrected chi connectivity index (χ0v) is 20.4. The fraction of sp³-hybridized carbons (Fsp3) is 0.217. The summed E-state index contributed by atoms with van der Waals surface area (Å²) in [7, 11) is -3.29. The first-order valence-corrected chi connectivity index (χ1v) is 15.6. The molecule has 0 heterocycles. The Kier molecular flexibility index (Phi) is 6.82. The van der Waals surface area contributed by atoms with E-state index in [4.69, 9.17) is 22.4 Å². The molecule has 3 rings (SSSR count). The molecule has 8 heteroatoms. The Balaban J connectivity index is 1.58. The molecule has 0 saturated carbocycles. The largest absolute Gasteiger partial charge is 0.512 e. The van der Waals surface area contributed by atoms with Crippen LogP contribution in [0.25, 0.3) is 0 Å². The van der Waals surface area contributed by atoms with Gasteiger partial charge in [-0.3, -0.25) is 0 Å². The van der Waals surface area contributed by atoms with Gasteiger partial charge in [0.05, 0.1) is 7.11 Å². The molecular weight excluding hydrogens is 428 g/mol. The van der Waals surface area contributed by atoms with E-state index in [1.807, 2.05) is 74.7 Å². The zero-order chi connectivity index (χ0) is 22.5. The van der Waals surface area contributed by atoms with E-state index < -0.39 is 17.1 Å². The highest BCUT2D eigenvalue weighted by atomic mass is 28.4. The fourth-order valence-corrected chi connectivity index (χ4v) is 5.81. The van der Waals surface area contributed by atoms with Crippen LogP contribution in [0.4, 0.5) is 0 Å². The summed E-state index contributed by atoms with van der Waals surface area (Å²) in [6.45, 7) is 7.90. The molecule has 0 amide bonds. The monoisotopic (exact) mass is 456 g/mol. The first-order chi connectivity index (χ1) is 14.6. The molecule has 164 valence electrons. The molecule has 0 aliphatic rings. The number of hydrogen-bond acceptors (Lipinski definition) is 6. The molecule has 0 bridgehead atoms. The SMILES string of the molecule is COc1ccc(O[Si](C)(C)Oc2ccc(O[Si](C)(C)Oc3ccc(O)cc3)cc2)cc1. The zero-order valence-electron chi connectivity index (χ0n) is 18.4. The third kappa shape index (κ3) is 6.97. The average molecular weight is 457 g/mol. The van der Waals surface area contributed by atoms with Crippen molar-refractivity contribution in [3.63, 3.8) is 0 Å². The Morgan fingerprint density at radius 2 is 0.742 bits per heavy atom. The molecule has 0 unspecified atom stereocenters. The molecule has 6 nitrogen and oxygen atoms in total. The van der Waals surface area contributed by atoms with Crippen LogP contribution >= 0.6 is 0 Å². The molecule has 0 radical (unpaired) electrons. The lowest BCUT2D eigenvalue weighted by Crippen LogP contribution is -2.42. The van der Waals surface area contributed by atoms with Crippen molar-refractivity contribution >= 4 is 17.1 Å². The molecular formula is C23H28O6Si2. The van der Waals surface area contributed by atoms with E-state index in [0.29, 0.717) is 11.5 Å². The van der Waals surface area contributed by atoms with Crippen molar-refractivity contribution < 1.29 is 27.5 Å².